The lowest BCUT2D eigenvalue weighted by Gasteiger charge is -2.27. The number of imidazole rings is 1. The molecule has 1 saturated carbocycles. The molecule has 150 valence electrons. The highest BCUT2D eigenvalue weighted by Crippen LogP contribution is 2.34. The van der Waals surface area contributed by atoms with E-state index in [9.17, 15) is 9.18 Å². The molecular formula is C21H22FN5O2. The number of anilines is 1. The fraction of sp³-hybridized carbons (Fsp3) is 0.381. The van der Waals surface area contributed by atoms with Gasteiger partial charge in [-0.15, -0.1) is 5.10 Å². The van der Waals surface area contributed by atoms with Gasteiger partial charge in [0.15, 0.2) is 11.3 Å². The molecular weight excluding hydrogens is 373 g/mol. The Kier molecular flexibility index (Phi) is 3.97. The molecule has 0 spiro atoms. The number of benzene rings is 1. The molecule has 5 rings (SSSR count). The van der Waals surface area contributed by atoms with Crippen LogP contribution in [0, 0.1) is 5.82 Å². The van der Waals surface area contributed by atoms with Crippen molar-refractivity contribution in [2.45, 2.75) is 44.8 Å². The predicted molar refractivity (Wildman–Crippen MR) is 106 cm³/mol. The Morgan fingerprint density at radius 2 is 2.07 bits per heavy atom. The summed E-state index contributed by atoms with van der Waals surface area (Å²) in [6, 6.07) is 8.63. The van der Waals surface area contributed by atoms with Gasteiger partial charge in [-0.05, 0) is 57.0 Å². The van der Waals surface area contributed by atoms with Gasteiger partial charge in [0.2, 0.25) is 0 Å². The molecule has 0 unspecified atom stereocenters. The second-order valence-corrected chi connectivity index (χ2v) is 8.34. The zero-order valence-electron chi connectivity index (χ0n) is 16.4. The number of halogens is 1. The van der Waals surface area contributed by atoms with Crippen LogP contribution in [0.15, 0.2) is 36.5 Å². The Morgan fingerprint density at radius 3 is 2.86 bits per heavy atom. The van der Waals surface area contributed by atoms with E-state index in [-0.39, 0.29) is 18.3 Å². The lowest BCUT2D eigenvalue weighted by Crippen LogP contribution is -2.48. The smallest absolute Gasteiger partial charge is 0.272 e. The Hall–Kier alpha value is -3.16. The average Bonchev–Trinajstić information content (AvgIpc) is 3.42. The first kappa shape index (κ1) is 17.9. The second-order valence-electron chi connectivity index (χ2n) is 8.34. The van der Waals surface area contributed by atoms with Gasteiger partial charge in [-0.25, -0.2) is 13.9 Å². The standard InChI is InChI=1S/C21H22FN5O2/c1-21(2)12-29-17-6-3-14(22)9-13(17)11-26(15-4-5-15)19-8-7-18-23-10-16(20(28)24-21)27(18)25-19/h3,6-10,15H,4-5,11-12H2,1-2H3,(H,24,28). The van der Waals surface area contributed by atoms with Crippen molar-refractivity contribution >= 4 is 17.4 Å². The van der Waals surface area contributed by atoms with E-state index >= 15 is 0 Å². The normalized spacial score (nSPS) is 19.0. The lowest BCUT2D eigenvalue weighted by molar-refractivity contribution is 0.0873. The number of ether oxygens (including phenoxy) is 1. The topological polar surface area (TPSA) is 71.8 Å². The monoisotopic (exact) mass is 395 g/mol. The molecule has 7 nitrogen and oxygen atoms in total. The van der Waals surface area contributed by atoms with Gasteiger partial charge in [-0.1, -0.05) is 0 Å². The van der Waals surface area contributed by atoms with E-state index in [2.05, 4.69) is 15.2 Å². The largest absolute Gasteiger partial charge is 0.491 e. The van der Waals surface area contributed by atoms with Crippen LogP contribution in [0.25, 0.3) is 5.65 Å². The van der Waals surface area contributed by atoms with E-state index in [1.54, 1.807) is 10.6 Å². The molecule has 1 fully saturated rings. The number of nitrogens with one attached hydrogen (secondary N) is 1. The molecule has 1 aliphatic carbocycles. The van der Waals surface area contributed by atoms with Crippen LogP contribution in [-0.4, -0.2) is 38.7 Å². The first-order chi connectivity index (χ1) is 13.9. The zero-order chi connectivity index (χ0) is 20.2. The summed E-state index contributed by atoms with van der Waals surface area (Å²) in [4.78, 5) is 19.4. The lowest BCUT2D eigenvalue weighted by atomic mass is 10.1. The molecule has 0 atom stereocenters. The van der Waals surface area contributed by atoms with Gasteiger partial charge >= 0.3 is 0 Å². The molecule has 0 saturated heterocycles. The van der Waals surface area contributed by atoms with E-state index in [0.29, 0.717) is 29.7 Å². The summed E-state index contributed by atoms with van der Waals surface area (Å²) in [5.74, 6) is 0.759. The van der Waals surface area contributed by atoms with E-state index < -0.39 is 5.54 Å². The third kappa shape index (κ3) is 3.39. The van der Waals surface area contributed by atoms with Crippen LogP contribution < -0.4 is 15.0 Å². The molecule has 29 heavy (non-hydrogen) atoms. The number of aromatic nitrogens is 3. The fourth-order valence-electron chi connectivity index (χ4n) is 3.62. The van der Waals surface area contributed by atoms with Crippen molar-refractivity contribution in [3.63, 3.8) is 0 Å². The summed E-state index contributed by atoms with van der Waals surface area (Å²) < 4.78 is 21.6. The van der Waals surface area contributed by atoms with E-state index in [1.165, 1.54) is 18.3 Å². The van der Waals surface area contributed by atoms with Crippen LogP contribution in [-0.2, 0) is 6.54 Å². The molecule has 3 aromatic rings. The maximum atomic E-state index is 14.0. The molecule has 8 heteroatoms. The Balaban J connectivity index is 1.66. The molecule has 1 N–H and O–H groups in total. The first-order valence-corrected chi connectivity index (χ1v) is 9.75. The van der Waals surface area contributed by atoms with Crippen LogP contribution in [0.5, 0.6) is 5.75 Å². The highest BCUT2D eigenvalue weighted by molar-refractivity contribution is 5.93. The molecule has 0 radical (unpaired) electrons. The van der Waals surface area contributed by atoms with E-state index in [4.69, 9.17) is 9.84 Å². The summed E-state index contributed by atoms with van der Waals surface area (Å²) in [5.41, 5.74) is 1.08. The molecule has 2 aromatic heterocycles. The van der Waals surface area contributed by atoms with E-state index in [0.717, 1.165) is 24.2 Å². The van der Waals surface area contributed by atoms with Crippen molar-refractivity contribution in [2.24, 2.45) is 0 Å². The minimum atomic E-state index is -0.644. The van der Waals surface area contributed by atoms with Crippen molar-refractivity contribution in [3.8, 4) is 5.75 Å². The molecule has 2 bridgehead atoms. The Labute approximate surface area is 167 Å². The zero-order valence-corrected chi connectivity index (χ0v) is 16.4. The van der Waals surface area contributed by atoms with Gasteiger partial charge < -0.3 is 15.0 Å². The van der Waals surface area contributed by atoms with Crippen LogP contribution in [0.4, 0.5) is 10.2 Å². The number of hydrogen-bond acceptors (Lipinski definition) is 5. The van der Waals surface area contributed by atoms with Gasteiger partial charge in [0.25, 0.3) is 5.91 Å². The molecule has 1 amide bonds. The summed E-state index contributed by atoms with van der Waals surface area (Å²) in [6.07, 6.45) is 3.63. The van der Waals surface area contributed by atoms with Crippen molar-refractivity contribution < 1.29 is 13.9 Å². The number of carbonyl (C=O) groups excluding carboxylic acids is 1. The molecule has 1 aromatic carbocycles. The summed E-state index contributed by atoms with van der Waals surface area (Å²) in [5, 5.41) is 7.69. The maximum Gasteiger partial charge on any atom is 0.272 e. The van der Waals surface area contributed by atoms with Gasteiger partial charge in [-0.3, -0.25) is 4.79 Å². The predicted octanol–water partition coefficient (Wildman–Crippen LogP) is 2.94. The van der Waals surface area contributed by atoms with Crippen LogP contribution in [0.3, 0.4) is 0 Å². The SMILES string of the molecule is CC1(C)COc2ccc(F)cc2CN(C2CC2)c2ccc3ncc(n3n2)C(=O)N1. The quantitative estimate of drug-likeness (QED) is 0.686. The van der Waals surface area contributed by atoms with Crippen molar-refractivity contribution in [1.29, 1.82) is 0 Å². The summed E-state index contributed by atoms with van der Waals surface area (Å²) in [7, 11) is 0. The highest BCUT2D eigenvalue weighted by Gasteiger charge is 2.32. The van der Waals surface area contributed by atoms with Crippen LogP contribution >= 0.6 is 0 Å². The van der Waals surface area contributed by atoms with Crippen molar-refractivity contribution in [1.82, 2.24) is 19.9 Å². The Bertz CT molecular complexity index is 1110. The number of fused-ring (bicyclic) bond motifs is 2. The van der Waals surface area contributed by atoms with Crippen LogP contribution in [0.1, 0.15) is 42.7 Å². The van der Waals surface area contributed by atoms with E-state index in [1.807, 2.05) is 26.0 Å². The third-order valence-corrected chi connectivity index (χ3v) is 5.27. The minimum absolute atomic E-state index is 0.244. The summed E-state index contributed by atoms with van der Waals surface area (Å²) in [6.45, 7) is 4.48. The van der Waals surface area contributed by atoms with Gasteiger partial charge in [-0.2, -0.15) is 0 Å². The summed E-state index contributed by atoms with van der Waals surface area (Å²) >= 11 is 0. The average molecular weight is 395 g/mol. The number of carbonyl (C=O) groups is 1. The third-order valence-electron chi connectivity index (χ3n) is 5.27. The van der Waals surface area contributed by atoms with Gasteiger partial charge in [0.05, 0.1) is 11.7 Å². The first-order valence-electron chi connectivity index (χ1n) is 9.75. The van der Waals surface area contributed by atoms with Gasteiger partial charge in [0, 0.05) is 18.2 Å². The number of nitrogens with zero attached hydrogens (tertiary/aromatic N) is 4. The van der Waals surface area contributed by atoms with Crippen molar-refractivity contribution in [3.05, 3.63) is 53.6 Å². The number of rotatable bonds is 1. The Morgan fingerprint density at radius 1 is 1.24 bits per heavy atom. The maximum absolute atomic E-state index is 14.0. The number of amides is 1. The van der Waals surface area contributed by atoms with Crippen LogP contribution in [0.2, 0.25) is 0 Å². The molecule has 2 aliphatic rings. The highest BCUT2D eigenvalue weighted by atomic mass is 19.1. The minimum Gasteiger partial charge on any atom is -0.491 e. The molecule has 3 heterocycles. The van der Waals surface area contributed by atoms with Crippen molar-refractivity contribution in [2.75, 3.05) is 11.5 Å². The second kappa shape index (κ2) is 6.43. The fourth-order valence-corrected chi connectivity index (χ4v) is 3.62. The molecule has 1 aliphatic heterocycles. The van der Waals surface area contributed by atoms with Gasteiger partial charge in [0.1, 0.15) is 24.0 Å². The number of hydrogen-bond donors (Lipinski definition) is 1.